The first kappa shape index (κ1) is 20.1. The average molecular weight is 403 g/mol. The Morgan fingerprint density at radius 1 is 1.21 bits per heavy atom. The highest BCUT2D eigenvalue weighted by Crippen LogP contribution is 2.23. The predicted molar refractivity (Wildman–Crippen MR) is 110 cm³/mol. The fourth-order valence-electron chi connectivity index (χ4n) is 3.36. The number of hydrogen-bond donors (Lipinski definition) is 1. The molecule has 28 heavy (non-hydrogen) atoms. The zero-order chi connectivity index (χ0) is 20.1. The van der Waals surface area contributed by atoms with Crippen molar-refractivity contribution in [1.82, 2.24) is 9.88 Å². The molecule has 0 spiro atoms. The van der Waals surface area contributed by atoms with Gasteiger partial charge in [0.1, 0.15) is 10.7 Å². The first-order valence-corrected chi connectivity index (χ1v) is 10.9. The molecule has 1 amide bonds. The van der Waals surface area contributed by atoms with Crippen molar-refractivity contribution in [3.05, 3.63) is 48.7 Å². The molecule has 0 bridgehead atoms. The minimum absolute atomic E-state index is 0.0217. The highest BCUT2D eigenvalue weighted by atomic mass is 32.2. The Kier molecular flexibility index (Phi) is 6.18. The van der Waals surface area contributed by atoms with Crippen molar-refractivity contribution in [3.63, 3.8) is 0 Å². The monoisotopic (exact) mass is 402 g/mol. The molecule has 0 saturated carbocycles. The highest BCUT2D eigenvalue weighted by Gasteiger charge is 2.24. The molecule has 2 heterocycles. The number of likely N-dealkylation sites (tertiary alicyclic amines) is 1. The molecular weight excluding hydrogens is 376 g/mol. The molecule has 8 heteroatoms. The van der Waals surface area contributed by atoms with Crippen LogP contribution in [0.25, 0.3) is 0 Å². The summed E-state index contributed by atoms with van der Waals surface area (Å²) in [6.45, 7) is 5.51. The minimum atomic E-state index is -3.69. The fourth-order valence-corrected chi connectivity index (χ4v) is 4.78. The van der Waals surface area contributed by atoms with Gasteiger partial charge < -0.3 is 10.2 Å². The van der Waals surface area contributed by atoms with Gasteiger partial charge in [-0.25, -0.2) is 13.4 Å². The lowest BCUT2D eigenvalue weighted by Crippen LogP contribution is -2.35. The van der Waals surface area contributed by atoms with Crippen molar-refractivity contribution >= 4 is 27.4 Å². The van der Waals surface area contributed by atoms with Gasteiger partial charge in [-0.15, -0.1) is 0 Å². The van der Waals surface area contributed by atoms with E-state index < -0.39 is 10.0 Å². The first-order chi connectivity index (χ1) is 13.4. The third-order valence-electron chi connectivity index (χ3n) is 4.72. The van der Waals surface area contributed by atoms with Crippen LogP contribution in [0.15, 0.2) is 53.6 Å². The summed E-state index contributed by atoms with van der Waals surface area (Å²) >= 11 is 0. The summed E-state index contributed by atoms with van der Waals surface area (Å²) in [6, 6.07) is 12.3. The number of sulfonamides is 1. The number of nitrogens with one attached hydrogen (secondary N) is 1. The zero-order valence-electron chi connectivity index (χ0n) is 16.2. The molecular formula is C20H26N4O3S. The quantitative estimate of drug-likeness (QED) is 0.734. The SMILES string of the molecule is CCN(c1ccccc1)S(=O)(=O)c1ccc(NC(C)CN2CCCC2=O)nc1. The van der Waals surface area contributed by atoms with Crippen molar-refractivity contribution in [2.24, 2.45) is 0 Å². The van der Waals surface area contributed by atoms with Crippen LogP contribution in [0.5, 0.6) is 0 Å². The number of para-hydroxylation sites is 1. The predicted octanol–water partition coefficient (Wildman–Crippen LogP) is 2.72. The van der Waals surface area contributed by atoms with Crippen molar-refractivity contribution in [2.75, 3.05) is 29.3 Å². The van der Waals surface area contributed by atoms with Crippen molar-refractivity contribution in [3.8, 4) is 0 Å². The molecule has 1 saturated heterocycles. The second-order valence-electron chi connectivity index (χ2n) is 6.87. The fraction of sp³-hybridized carbons (Fsp3) is 0.400. The summed E-state index contributed by atoms with van der Waals surface area (Å²) < 4.78 is 27.3. The van der Waals surface area contributed by atoms with Gasteiger partial charge in [-0.1, -0.05) is 18.2 Å². The average Bonchev–Trinajstić information content (AvgIpc) is 3.08. The molecule has 3 rings (SSSR count). The third kappa shape index (κ3) is 4.44. The molecule has 1 atom stereocenters. The lowest BCUT2D eigenvalue weighted by molar-refractivity contribution is -0.127. The van der Waals surface area contributed by atoms with E-state index in [4.69, 9.17) is 0 Å². The summed E-state index contributed by atoms with van der Waals surface area (Å²) in [7, 11) is -3.69. The Hall–Kier alpha value is -2.61. The van der Waals surface area contributed by atoms with Crippen molar-refractivity contribution in [2.45, 2.75) is 37.6 Å². The maximum Gasteiger partial charge on any atom is 0.265 e. The normalized spacial score (nSPS) is 15.5. The van der Waals surface area contributed by atoms with Gasteiger partial charge >= 0.3 is 0 Å². The van der Waals surface area contributed by atoms with Crippen LogP contribution in [-0.2, 0) is 14.8 Å². The number of hydrogen-bond acceptors (Lipinski definition) is 5. The van der Waals surface area contributed by atoms with Gasteiger partial charge in [0.25, 0.3) is 10.0 Å². The number of benzene rings is 1. The van der Waals surface area contributed by atoms with Crippen LogP contribution in [0.2, 0.25) is 0 Å². The molecule has 1 aliphatic heterocycles. The molecule has 150 valence electrons. The third-order valence-corrected chi connectivity index (χ3v) is 6.60. The second kappa shape index (κ2) is 8.60. The van der Waals surface area contributed by atoms with E-state index in [0.29, 0.717) is 31.0 Å². The maximum atomic E-state index is 13.0. The summed E-state index contributed by atoms with van der Waals surface area (Å²) in [5, 5.41) is 3.23. The molecule has 1 fully saturated rings. The molecule has 2 aromatic rings. The summed E-state index contributed by atoms with van der Waals surface area (Å²) in [4.78, 5) is 18.0. The smallest absolute Gasteiger partial charge is 0.265 e. The van der Waals surface area contributed by atoms with E-state index in [1.165, 1.54) is 10.5 Å². The molecule has 1 aromatic heterocycles. The van der Waals surface area contributed by atoms with Gasteiger partial charge in [-0.3, -0.25) is 9.10 Å². The van der Waals surface area contributed by atoms with Crippen LogP contribution >= 0.6 is 0 Å². The van der Waals surface area contributed by atoms with Gasteiger partial charge in [0, 0.05) is 38.3 Å². The van der Waals surface area contributed by atoms with E-state index in [1.807, 2.05) is 30.0 Å². The van der Waals surface area contributed by atoms with E-state index in [-0.39, 0.29) is 16.8 Å². The molecule has 1 unspecified atom stereocenters. The number of carbonyl (C=O) groups excluding carboxylic acids is 1. The van der Waals surface area contributed by atoms with E-state index in [0.717, 1.165) is 13.0 Å². The Morgan fingerprint density at radius 3 is 2.54 bits per heavy atom. The van der Waals surface area contributed by atoms with Crippen LogP contribution in [0.3, 0.4) is 0 Å². The van der Waals surface area contributed by atoms with Crippen LogP contribution in [0.4, 0.5) is 11.5 Å². The largest absolute Gasteiger partial charge is 0.366 e. The summed E-state index contributed by atoms with van der Waals surface area (Å²) in [5.74, 6) is 0.768. The lowest BCUT2D eigenvalue weighted by Gasteiger charge is -2.23. The molecule has 1 aromatic carbocycles. The lowest BCUT2D eigenvalue weighted by atomic mass is 10.3. The Bertz CT molecular complexity index is 901. The van der Waals surface area contributed by atoms with E-state index in [9.17, 15) is 13.2 Å². The number of aromatic nitrogens is 1. The minimum Gasteiger partial charge on any atom is -0.366 e. The summed E-state index contributed by atoms with van der Waals surface area (Å²) in [6.07, 6.45) is 2.90. The number of nitrogens with zero attached hydrogens (tertiary/aromatic N) is 3. The van der Waals surface area contributed by atoms with Gasteiger partial charge in [0.05, 0.1) is 5.69 Å². The number of amides is 1. The van der Waals surface area contributed by atoms with Crippen LogP contribution in [0, 0.1) is 0 Å². The van der Waals surface area contributed by atoms with Gasteiger partial charge in [0.2, 0.25) is 5.91 Å². The Morgan fingerprint density at radius 2 is 1.96 bits per heavy atom. The van der Waals surface area contributed by atoms with Crippen LogP contribution in [0.1, 0.15) is 26.7 Å². The molecule has 0 aliphatic carbocycles. The Labute approximate surface area is 166 Å². The van der Waals surface area contributed by atoms with Gasteiger partial charge in [-0.05, 0) is 44.5 Å². The molecule has 0 radical (unpaired) electrons. The summed E-state index contributed by atoms with van der Waals surface area (Å²) in [5.41, 5.74) is 0.621. The van der Waals surface area contributed by atoms with Crippen molar-refractivity contribution < 1.29 is 13.2 Å². The number of carbonyl (C=O) groups is 1. The van der Waals surface area contributed by atoms with E-state index >= 15 is 0 Å². The molecule has 1 aliphatic rings. The zero-order valence-corrected chi connectivity index (χ0v) is 17.0. The number of rotatable bonds is 8. The molecule has 7 nitrogen and oxygen atoms in total. The van der Waals surface area contributed by atoms with Crippen LogP contribution in [-0.4, -0.2) is 49.9 Å². The second-order valence-corrected chi connectivity index (χ2v) is 8.74. The van der Waals surface area contributed by atoms with Gasteiger partial charge in [-0.2, -0.15) is 0 Å². The van der Waals surface area contributed by atoms with E-state index in [2.05, 4.69) is 10.3 Å². The topological polar surface area (TPSA) is 82.6 Å². The van der Waals surface area contributed by atoms with E-state index in [1.54, 1.807) is 31.2 Å². The van der Waals surface area contributed by atoms with Crippen LogP contribution < -0.4 is 9.62 Å². The Balaban J connectivity index is 1.69. The standard InChI is InChI=1S/C20H26N4O3S/c1-3-24(17-8-5-4-6-9-17)28(26,27)18-11-12-19(21-14-18)22-16(2)15-23-13-7-10-20(23)25/h4-6,8-9,11-12,14,16H,3,7,10,13,15H2,1-2H3,(H,21,22). The van der Waals surface area contributed by atoms with Gasteiger partial charge in [0.15, 0.2) is 0 Å². The maximum absolute atomic E-state index is 13.0. The number of pyridine rings is 1. The molecule has 1 N–H and O–H groups in total. The van der Waals surface area contributed by atoms with Crippen molar-refractivity contribution in [1.29, 1.82) is 0 Å². The number of anilines is 2. The first-order valence-electron chi connectivity index (χ1n) is 9.50. The highest BCUT2D eigenvalue weighted by molar-refractivity contribution is 7.92.